The number of hydrogen-bond acceptors (Lipinski definition) is 1. The van der Waals surface area contributed by atoms with Gasteiger partial charge in [-0.1, -0.05) is 32.9 Å². The van der Waals surface area contributed by atoms with Crippen LogP contribution in [0.25, 0.3) is 0 Å². The molecule has 0 bridgehead atoms. The molecule has 0 heterocycles. The molecular weight excluding hydrogens is 196 g/mol. The van der Waals surface area contributed by atoms with Gasteiger partial charge in [0.2, 0.25) is 0 Å². The molecule has 3 aliphatic rings. The first-order valence-corrected chi connectivity index (χ1v) is 6.82. The fourth-order valence-corrected chi connectivity index (χ4v) is 5.07. The Bertz CT molecular complexity index is 332. The summed E-state index contributed by atoms with van der Waals surface area (Å²) >= 11 is 0. The SMILES string of the molecule is C=C1CC[C@H](O)[C@@]2(C)CC3C([C@@H]3C(C)C)[C@@H]12. The Morgan fingerprint density at radius 1 is 1.44 bits per heavy atom. The summed E-state index contributed by atoms with van der Waals surface area (Å²) in [5, 5.41) is 10.3. The lowest BCUT2D eigenvalue weighted by Gasteiger charge is -2.45. The van der Waals surface area contributed by atoms with E-state index in [2.05, 4.69) is 27.4 Å². The van der Waals surface area contributed by atoms with Gasteiger partial charge < -0.3 is 5.11 Å². The van der Waals surface area contributed by atoms with Crippen molar-refractivity contribution in [3.05, 3.63) is 12.2 Å². The van der Waals surface area contributed by atoms with E-state index in [-0.39, 0.29) is 11.5 Å². The van der Waals surface area contributed by atoms with Crippen molar-refractivity contribution in [3.63, 3.8) is 0 Å². The summed E-state index contributed by atoms with van der Waals surface area (Å²) < 4.78 is 0. The summed E-state index contributed by atoms with van der Waals surface area (Å²) in [6, 6.07) is 0. The molecule has 0 aromatic carbocycles. The fourth-order valence-electron chi connectivity index (χ4n) is 5.07. The summed E-state index contributed by atoms with van der Waals surface area (Å²) in [6.45, 7) is 11.3. The van der Waals surface area contributed by atoms with Gasteiger partial charge in [0, 0.05) is 5.41 Å². The largest absolute Gasteiger partial charge is 0.393 e. The summed E-state index contributed by atoms with van der Waals surface area (Å²) in [7, 11) is 0. The quantitative estimate of drug-likeness (QED) is 0.673. The highest BCUT2D eigenvalue weighted by atomic mass is 16.3. The van der Waals surface area contributed by atoms with Crippen molar-refractivity contribution in [2.24, 2.45) is 35.0 Å². The van der Waals surface area contributed by atoms with Gasteiger partial charge in [-0.2, -0.15) is 0 Å². The molecule has 0 radical (unpaired) electrons. The molecule has 1 heteroatoms. The summed E-state index contributed by atoms with van der Waals surface area (Å²) in [5.41, 5.74) is 1.60. The lowest BCUT2D eigenvalue weighted by molar-refractivity contribution is -0.0212. The van der Waals surface area contributed by atoms with Crippen molar-refractivity contribution in [1.29, 1.82) is 0 Å². The molecule has 16 heavy (non-hydrogen) atoms. The lowest BCUT2D eigenvalue weighted by Crippen LogP contribution is -2.43. The zero-order valence-electron chi connectivity index (χ0n) is 10.7. The van der Waals surface area contributed by atoms with Crippen molar-refractivity contribution in [2.45, 2.75) is 46.1 Å². The second kappa shape index (κ2) is 3.13. The zero-order chi connectivity index (χ0) is 11.7. The Morgan fingerprint density at radius 3 is 2.75 bits per heavy atom. The van der Waals surface area contributed by atoms with Crippen molar-refractivity contribution in [1.82, 2.24) is 0 Å². The van der Waals surface area contributed by atoms with E-state index >= 15 is 0 Å². The number of aliphatic hydroxyl groups excluding tert-OH is 1. The van der Waals surface area contributed by atoms with Crippen molar-refractivity contribution < 1.29 is 5.11 Å². The highest BCUT2D eigenvalue weighted by molar-refractivity contribution is 5.26. The molecule has 90 valence electrons. The third-order valence-corrected chi connectivity index (χ3v) is 5.77. The molecule has 1 N–H and O–H groups in total. The predicted molar refractivity (Wildman–Crippen MR) is 65.9 cm³/mol. The molecule has 3 saturated carbocycles. The highest BCUT2D eigenvalue weighted by Gasteiger charge is 2.68. The number of rotatable bonds is 1. The Labute approximate surface area is 98.9 Å². The zero-order valence-corrected chi connectivity index (χ0v) is 10.7. The summed E-state index contributed by atoms with van der Waals surface area (Å²) in [5.74, 6) is 4.09. The Morgan fingerprint density at radius 2 is 2.12 bits per heavy atom. The van der Waals surface area contributed by atoms with Crippen LogP contribution >= 0.6 is 0 Å². The first-order chi connectivity index (χ1) is 7.47. The van der Waals surface area contributed by atoms with Crippen LogP contribution in [0.15, 0.2) is 12.2 Å². The van der Waals surface area contributed by atoms with Gasteiger partial charge in [0.15, 0.2) is 0 Å². The van der Waals surface area contributed by atoms with Gasteiger partial charge in [0.25, 0.3) is 0 Å². The molecule has 6 atom stereocenters. The molecule has 3 aliphatic carbocycles. The lowest BCUT2D eigenvalue weighted by atomic mass is 9.62. The van der Waals surface area contributed by atoms with Crippen LogP contribution in [0.5, 0.6) is 0 Å². The molecule has 1 nitrogen and oxygen atoms in total. The van der Waals surface area contributed by atoms with E-state index in [0.29, 0.717) is 5.92 Å². The van der Waals surface area contributed by atoms with Crippen LogP contribution in [0.1, 0.15) is 40.0 Å². The van der Waals surface area contributed by atoms with Crippen LogP contribution in [0.2, 0.25) is 0 Å². The fraction of sp³-hybridized carbons (Fsp3) is 0.867. The second-order valence-corrected chi connectivity index (χ2v) is 6.96. The predicted octanol–water partition coefficient (Wildman–Crippen LogP) is 3.24. The molecule has 0 aromatic heterocycles. The number of aliphatic hydroxyl groups is 1. The molecular formula is C15H24O. The van der Waals surface area contributed by atoms with E-state index in [1.165, 1.54) is 12.0 Å². The van der Waals surface area contributed by atoms with Gasteiger partial charge in [0.05, 0.1) is 6.10 Å². The maximum absolute atomic E-state index is 10.3. The average molecular weight is 220 g/mol. The van der Waals surface area contributed by atoms with E-state index in [1.54, 1.807) is 0 Å². The first-order valence-electron chi connectivity index (χ1n) is 6.82. The standard InChI is InChI=1S/C15H24O/c1-8(2)12-10-7-15(4)11(16)6-5-9(3)14(15)13(10)12/h8,10-14,16H,3,5-7H2,1-2,4H3/t10?,11-,12+,13?,14+,15+/m0/s1. The van der Waals surface area contributed by atoms with E-state index in [1.807, 2.05) is 0 Å². The van der Waals surface area contributed by atoms with Crippen LogP contribution in [0.3, 0.4) is 0 Å². The van der Waals surface area contributed by atoms with Crippen molar-refractivity contribution >= 4 is 0 Å². The van der Waals surface area contributed by atoms with Crippen molar-refractivity contribution in [2.75, 3.05) is 0 Å². The van der Waals surface area contributed by atoms with E-state index in [9.17, 15) is 5.11 Å². The van der Waals surface area contributed by atoms with Crippen LogP contribution in [0.4, 0.5) is 0 Å². The minimum absolute atomic E-state index is 0.0800. The Kier molecular flexibility index (Phi) is 2.12. The Hall–Kier alpha value is -0.300. The van der Waals surface area contributed by atoms with Crippen molar-refractivity contribution in [3.8, 4) is 0 Å². The molecule has 0 aromatic rings. The van der Waals surface area contributed by atoms with Gasteiger partial charge in [-0.25, -0.2) is 0 Å². The summed E-state index contributed by atoms with van der Waals surface area (Å²) in [6.07, 6.45) is 3.15. The Balaban J connectivity index is 1.89. The first kappa shape index (κ1) is 10.8. The molecule has 2 unspecified atom stereocenters. The van der Waals surface area contributed by atoms with Gasteiger partial charge in [0.1, 0.15) is 0 Å². The highest BCUT2D eigenvalue weighted by Crippen LogP contribution is 2.73. The number of allylic oxidation sites excluding steroid dienone is 1. The normalized spacial score (nSPS) is 55.1. The van der Waals surface area contributed by atoms with Crippen LogP contribution in [-0.4, -0.2) is 11.2 Å². The topological polar surface area (TPSA) is 20.2 Å². The third kappa shape index (κ3) is 1.16. The molecule has 0 saturated heterocycles. The monoisotopic (exact) mass is 220 g/mol. The second-order valence-electron chi connectivity index (χ2n) is 6.96. The molecule has 0 aliphatic heterocycles. The summed E-state index contributed by atoms with van der Waals surface area (Å²) in [4.78, 5) is 0. The molecule has 3 fully saturated rings. The van der Waals surface area contributed by atoms with Crippen LogP contribution in [0, 0.1) is 35.0 Å². The van der Waals surface area contributed by atoms with E-state index in [0.717, 1.165) is 36.5 Å². The average Bonchev–Trinajstić information content (AvgIpc) is 2.78. The maximum atomic E-state index is 10.3. The molecule has 0 amide bonds. The van der Waals surface area contributed by atoms with Gasteiger partial charge in [-0.05, 0) is 48.9 Å². The molecule has 0 spiro atoms. The smallest absolute Gasteiger partial charge is 0.0602 e. The maximum Gasteiger partial charge on any atom is 0.0602 e. The minimum atomic E-state index is -0.0800. The van der Waals surface area contributed by atoms with E-state index < -0.39 is 0 Å². The minimum Gasteiger partial charge on any atom is -0.393 e. The molecule has 3 rings (SSSR count). The van der Waals surface area contributed by atoms with Gasteiger partial charge >= 0.3 is 0 Å². The van der Waals surface area contributed by atoms with Gasteiger partial charge in [-0.15, -0.1) is 0 Å². The van der Waals surface area contributed by atoms with Crippen LogP contribution in [-0.2, 0) is 0 Å². The number of hydrogen-bond donors (Lipinski definition) is 1. The van der Waals surface area contributed by atoms with E-state index in [4.69, 9.17) is 0 Å². The van der Waals surface area contributed by atoms with Gasteiger partial charge in [-0.3, -0.25) is 0 Å². The number of fused-ring (bicyclic) bond motifs is 3. The third-order valence-electron chi connectivity index (χ3n) is 5.77. The van der Waals surface area contributed by atoms with Crippen LogP contribution < -0.4 is 0 Å².